The Kier molecular flexibility index (Phi) is 21.6. The summed E-state index contributed by atoms with van der Waals surface area (Å²) in [6.07, 6.45) is 14.8. The molecule has 0 unspecified atom stereocenters. The molecule has 0 aliphatic heterocycles. The van der Waals surface area contributed by atoms with Crippen LogP contribution in [0.15, 0.2) is 462 Å². The van der Waals surface area contributed by atoms with E-state index in [4.69, 9.17) is 39.9 Å². The van der Waals surface area contributed by atoms with Crippen molar-refractivity contribution in [2.45, 2.75) is 0 Å². The number of hydrogen-bond acceptors (Lipinski definition) is 12. The highest BCUT2D eigenvalue weighted by molar-refractivity contribution is 6.11. The van der Waals surface area contributed by atoms with Crippen LogP contribution in [-0.2, 0) is 0 Å². The summed E-state index contributed by atoms with van der Waals surface area (Å²) in [6.45, 7) is 0. The SMILES string of the molecule is c1ccc(-c2nc3ccccc3nc2-c2ccc(-c3cccnc3)c3ccccc23)cc1.c1ccc(-c2nc3ccccc3nc2-c2ccc(-c3ccncc3)c3ccccc23)cc1.c1ccc(-c2nc3ccccc3nc2-c2cccc3c(-c4cccnc4)cccc23)cc1.c1ccc(-c2nc3ccccc3nc2-c2cccc3c(-c4ccncc4)cccc23)cc1. The van der Waals surface area contributed by atoms with Crippen LogP contribution in [0.4, 0.5) is 0 Å². The van der Waals surface area contributed by atoms with E-state index in [-0.39, 0.29) is 0 Å². The first-order chi connectivity index (χ1) is 63.5. The van der Waals surface area contributed by atoms with Gasteiger partial charge in [-0.25, -0.2) is 39.9 Å². The van der Waals surface area contributed by atoms with Crippen LogP contribution in [-0.4, -0.2) is 59.8 Å². The van der Waals surface area contributed by atoms with Crippen LogP contribution in [0.2, 0.25) is 0 Å². The zero-order valence-corrected chi connectivity index (χ0v) is 69.2. The zero-order valence-electron chi connectivity index (χ0n) is 69.2. The lowest BCUT2D eigenvalue weighted by atomic mass is 9.92. The fourth-order valence-corrected chi connectivity index (χ4v) is 17.1. The maximum absolute atomic E-state index is 5.10. The summed E-state index contributed by atoms with van der Waals surface area (Å²) in [5, 5.41) is 9.33. The van der Waals surface area contributed by atoms with Gasteiger partial charge in [-0.2, -0.15) is 0 Å². The van der Waals surface area contributed by atoms with Crippen molar-refractivity contribution in [3.8, 4) is 135 Å². The van der Waals surface area contributed by atoms with Crippen LogP contribution in [0, 0.1) is 0 Å². The quantitative estimate of drug-likeness (QED) is 0.114. The lowest BCUT2D eigenvalue weighted by molar-refractivity contribution is 1.30. The van der Waals surface area contributed by atoms with Gasteiger partial charge >= 0.3 is 0 Å². The predicted molar refractivity (Wildman–Crippen MR) is 525 cm³/mol. The smallest absolute Gasteiger partial charge is 0.0979 e. The van der Waals surface area contributed by atoms with Gasteiger partial charge in [-0.05, 0) is 161 Å². The van der Waals surface area contributed by atoms with Crippen molar-refractivity contribution in [1.82, 2.24) is 59.8 Å². The Morgan fingerprint density at radius 1 is 0.109 bits per heavy atom. The number of rotatable bonds is 12. The van der Waals surface area contributed by atoms with Gasteiger partial charge in [-0.15, -0.1) is 0 Å². The highest BCUT2D eigenvalue weighted by Crippen LogP contribution is 2.45. The molecule has 0 radical (unpaired) electrons. The topological polar surface area (TPSA) is 155 Å². The van der Waals surface area contributed by atoms with E-state index in [0.717, 1.165) is 189 Å². The molecule has 0 aliphatic rings. The molecule has 0 saturated carbocycles. The van der Waals surface area contributed by atoms with E-state index in [2.05, 4.69) is 226 Å². The average molecular weight is 1640 g/mol. The van der Waals surface area contributed by atoms with Crippen LogP contribution >= 0.6 is 0 Å². The number of para-hydroxylation sites is 8. The van der Waals surface area contributed by atoms with Gasteiger partial charge in [0.05, 0.1) is 89.7 Å². The van der Waals surface area contributed by atoms with Crippen molar-refractivity contribution < 1.29 is 0 Å². The third kappa shape index (κ3) is 15.7. The molecule has 0 atom stereocenters. The Bertz CT molecular complexity index is 7290. The molecular formula is C116H76N12. The maximum Gasteiger partial charge on any atom is 0.0979 e. The number of fused-ring (bicyclic) bond motifs is 8. The number of aromatic nitrogens is 12. The fourth-order valence-electron chi connectivity index (χ4n) is 17.1. The van der Waals surface area contributed by atoms with E-state index in [0.29, 0.717) is 0 Å². The first-order valence-corrected chi connectivity index (χ1v) is 42.5. The van der Waals surface area contributed by atoms with Crippen molar-refractivity contribution in [3.63, 3.8) is 0 Å². The van der Waals surface area contributed by atoms with Gasteiger partial charge in [0, 0.05) is 105 Å². The van der Waals surface area contributed by atoms with Crippen molar-refractivity contribution >= 4 is 87.2 Å². The number of pyridine rings is 4. The molecule has 24 rings (SSSR count). The molecule has 0 amide bonds. The molecule has 0 fully saturated rings. The minimum absolute atomic E-state index is 0.891. The van der Waals surface area contributed by atoms with E-state index < -0.39 is 0 Å². The van der Waals surface area contributed by atoms with Crippen LogP contribution in [0.3, 0.4) is 0 Å². The number of nitrogens with zero attached hydrogens (tertiary/aromatic N) is 12. The predicted octanol–water partition coefficient (Wildman–Crippen LogP) is 28.7. The molecule has 0 N–H and O–H groups in total. The van der Waals surface area contributed by atoms with Crippen molar-refractivity contribution in [2.24, 2.45) is 0 Å². The molecule has 0 saturated heterocycles. The molecule has 12 nitrogen and oxygen atoms in total. The summed E-state index contributed by atoms with van der Waals surface area (Å²) >= 11 is 0. The third-order valence-electron chi connectivity index (χ3n) is 23.1. The normalized spacial score (nSPS) is 11.1. The summed E-state index contributed by atoms with van der Waals surface area (Å²) in [7, 11) is 0. The molecule has 128 heavy (non-hydrogen) atoms. The molecule has 0 aliphatic carbocycles. The van der Waals surface area contributed by atoms with E-state index in [1.165, 1.54) is 32.7 Å². The highest BCUT2D eigenvalue weighted by Gasteiger charge is 2.23. The van der Waals surface area contributed by atoms with E-state index >= 15 is 0 Å². The summed E-state index contributed by atoms with van der Waals surface area (Å²) in [5.41, 5.74) is 32.0. The van der Waals surface area contributed by atoms with E-state index in [1.807, 2.05) is 243 Å². The molecule has 12 heteroatoms. The van der Waals surface area contributed by atoms with Crippen LogP contribution in [0.1, 0.15) is 0 Å². The standard InChI is InChI=1S/4C29H19N3/c1-2-9-20(10-3-1)28-29(32-27-17-5-4-16-26(27)31-28)25-15-7-13-23-22(12-6-14-24(23)25)21-11-8-18-30-19-21;1-2-8-21(9-3-1)28-29(32-27-15-5-4-14-26(27)31-28)25-13-7-11-23-22(10-6-12-24(23)25)20-16-18-30-19-17-20;1-2-9-20(10-3-1)28-29(32-27-15-7-6-14-26(27)31-28)25-17-16-22(21-11-8-18-30-19-21)23-12-4-5-13-24(23)25;1-2-8-21(9-3-1)28-29(32-27-13-7-6-12-26(27)31-28)25-15-14-22(20-16-18-30-19-17-20)23-10-4-5-11-24(23)25/h4*1-19H. The lowest BCUT2D eigenvalue weighted by Crippen LogP contribution is -1.96. The molecule has 16 aromatic carbocycles. The Hall–Kier alpha value is -17.5. The summed E-state index contributed by atoms with van der Waals surface area (Å²) in [5.74, 6) is 0. The molecular weight excluding hydrogens is 1560 g/mol. The molecule has 600 valence electrons. The second-order valence-corrected chi connectivity index (χ2v) is 30.9. The summed E-state index contributed by atoms with van der Waals surface area (Å²) < 4.78 is 0. The molecule has 0 spiro atoms. The number of benzene rings is 16. The third-order valence-corrected chi connectivity index (χ3v) is 23.1. The first-order valence-electron chi connectivity index (χ1n) is 42.5. The summed E-state index contributed by atoms with van der Waals surface area (Å²) in [6, 6.07) is 141. The Morgan fingerprint density at radius 2 is 0.305 bits per heavy atom. The van der Waals surface area contributed by atoms with Gasteiger partial charge < -0.3 is 0 Å². The first kappa shape index (κ1) is 77.8. The second kappa shape index (κ2) is 35.5. The van der Waals surface area contributed by atoms with Crippen LogP contribution in [0.25, 0.3) is 222 Å². The Labute approximate surface area is 738 Å². The highest BCUT2D eigenvalue weighted by atomic mass is 14.9. The minimum Gasteiger partial charge on any atom is -0.265 e. The van der Waals surface area contributed by atoms with Crippen molar-refractivity contribution in [1.29, 1.82) is 0 Å². The molecule has 8 heterocycles. The van der Waals surface area contributed by atoms with Crippen LogP contribution in [0.5, 0.6) is 0 Å². The van der Waals surface area contributed by atoms with Gasteiger partial charge in [-0.1, -0.05) is 328 Å². The largest absolute Gasteiger partial charge is 0.265 e. The molecule has 0 bridgehead atoms. The van der Waals surface area contributed by atoms with E-state index in [1.54, 1.807) is 12.4 Å². The minimum atomic E-state index is 0.891. The lowest BCUT2D eigenvalue weighted by Gasteiger charge is -2.15. The Balaban J connectivity index is 0.000000104. The van der Waals surface area contributed by atoms with Crippen LogP contribution < -0.4 is 0 Å². The zero-order chi connectivity index (χ0) is 85.3. The van der Waals surface area contributed by atoms with Crippen molar-refractivity contribution in [2.75, 3.05) is 0 Å². The van der Waals surface area contributed by atoms with E-state index in [9.17, 15) is 0 Å². The number of hydrogen-bond donors (Lipinski definition) is 0. The van der Waals surface area contributed by atoms with Crippen molar-refractivity contribution in [3.05, 3.63) is 462 Å². The monoisotopic (exact) mass is 1640 g/mol. The van der Waals surface area contributed by atoms with Gasteiger partial charge in [-0.3, -0.25) is 19.9 Å². The molecule has 8 aromatic heterocycles. The fraction of sp³-hybridized carbons (Fsp3) is 0. The maximum atomic E-state index is 5.10. The van der Waals surface area contributed by atoms with Gasteiger partial charge in [0.1, 0.15) is 0 Å². The van der Waals surface area contributed by atoms with Gasteiger partial charge in [0.2, 0.25) is 0 Å². The second-order valence-electron chi connectivity index (χ2n) is 30.9. The Morgan fingerprint density at radius 3 is 0.578 bits per heavy atom. The van der Waals surface area contributed by atoms with Gasteiger partial charge in [0.15, 0.2) is 0 Å². The average Bonchev–Trinajstić information content (AvgIpc) is 0.765. The van der Waals surface area contributed by atoms with Gasteiger partial charge in [0.25, 0.3) is 0 Å². The summed E-state index contributed by atoms with van der Waals surface area (Å²) in [4.78, 5) is 57.5. The molecule has 24 aromatic rings.